The Morgan fingerprint density at radius 1 is 1.35 bits per heavy atom. The molecule has 1 aliphatic carbocycles. The van der Waals surface area contributed by atoms with Crippen LogP contribution in [0.25, 0.3) is 0 Å². The Morgan fingerprint density at radius 2 is 2.06 bits per heavy atom. The summed E-state index contributed by atoms with van der Waals surface area (Å²) in [6.07, 6.45) is 5.02. The number of rotatable bonds is 3. The summed E-state index contributed by atoms with van der Waals surface area (Å²) in [5.41, 5.74) is 0. The molecular formula is C13H19N3O. The lowest BCUT2D eigenvalue weighted by Gasteiger charge is -2.29. The van der Waals surface area contributed by atoms with Crippen molar-refractivity contribution < 1.29 is 4.52 Å². The van der Waals surface area contributed by atoms with Gasteiger partial charge in [-0.3, -0.25) is 0 Å². The Labute approximate surface area is 102 Å². The molecule has 0 N–H and O–H groups in total. The van der Waals surface area contributed by atoms with E-state index < -0.39 is 0 Å². The van der Waals surface area contributed by atoms with E-state index in [0.29, 0.717) is 11.8 Å². The summed E-state index contributed by atoms with van der Waals surface area (Å²) in [6, 6.07) is 2.03. The van der Waals surface area contributed by atoms with Gasteiger partial charge >= 0.3 is 0 Å². The van der Waals surface area contributed by atoms with Gasteiger partial charge in [0, 0.05) is 5.92 Å². The van der Waals surface area contributed by atoms with Crippen LogP contribution in [0.5, 0.6) is 0 Å². The third-order valence-electron chi connectivity index (χ3n) is 3.79. The van der Waals surface area contributed by atoms with E-state index in [-0.39, 0.29) is 6.42 Å². The van der Waals surface area contributed by atoms with Crippen LogP contribution < -0.4 is 0 Å². The van der Waals surface area contributed by atoms with Crippen molar-refractivity contribution in [3.05, 3.63) is 11.7 Å². The summed E-state index contributed by atoms with van der Waals surface area (Å²) < 4.78 is 5.05. The average molecular weight is 233 g/mol. The van der Waals surface area contributed by atoms with E-state index >= 15 is 0 Å². The summed E-state index contributed by atoms with van der Waals surface area (Å²) in [6.45, 7) is 4.59. The van der Waals surface area contributed by atoms with Crippen molar-refractivity contribution in [1.82, 2.24) is 10.1 Å². The van der Waals surface area contributed by atoms with Gasteiger partial charge in [0.1, 0.15) is 6.42 Å². The molecule has 0 amide bonds. The first-order chi connectivity index (χ1) is 8.20. The maximum atomic E-state index is 8.56. The van der Waals surface area contributed by atoms with Crippen LogP contribution in [-0.2, 0) is 6.42 Å². The molecular weight excluding hydrogens is 214 g/mol. The molecule has 0 bridgehead atoms. The van der Waals surface area contributed by atoms with Crippen molar-refractivity contribution >= 4 is 0 Å². The van der Waals surface area contributed by atoms with Gasteiger partial charge in [-0.1, -0.05) is 19.0 Å². The first-order valence-electron chi connectivity index (χ1n) is 6.40. The smallest absolute Gasteiger partial charge is 0.240 e. The zero-order valence-electron chi connectivity index (χ0n) is 10.5. The number of nitriles is 1. The molecule has 0 radical (unpaired) electrons. The lowest BCUT2D eigenvalue weighted by Crippen LogP contribution is -2.18. The van der Waals surface area contributed by atoms with Crippen LogP contribution in [0.1, 0.15) is 57.2 Å². The van der Waals surface area contributed by atoms with E-state index in [0.717, 1.165) is 30.5 Å². The maximum absolute atomic E-state index is 8.56. The Kier molecular flexibility index (Phi) is 3.78. The molecule has 1 fully saturated rings. The summed E-state index contributed by atoms with van der Waals surface area (Å²) in [4.78, 5) is 4.29. The minimum absolute atomic E-state index is 0.217. The molecule has 0 saturated heterocycles. The van der Waals surface area contributed by atoms with E-state index in [1.807, 2.05) is 6.07 Å². The van der Waals surface area contributed by atoms with Crippen molar-refractivity contribution in [3.63, 3.8) is 0 Å². The first kappa shape index (κ1) is 12.1. The fourth-order valence-corrected chi connectivity index (χ4v) is 2.62. The number of hydrogen-bond acceptors (Lipinski definition) is 4. The van der Waals surface area contributed by atoms with E-state index in [9.17, 15) is 0 Å². The van der Waals surface area contributed by atoms with Gasteiger partial charge in [-0.15, -0.1) is 0 Å². The van der Waals surface area contributed by atoms with Crippen molar-refractivity contribution in [2.24, 2.45) is 11.8 Å². The molecule has 0 aromatic carbocycles. The number of hydrogen-bond donors (Lipinski definition) is 0. The minimum Gasteiger partial charge on any atom is -0.338 e. The Bertz CT molecular complexity index is 397. The third kappa shape index (κ3) is 2.85. The highest BCUT2D eigenvalue weighted by atomic mass is 16.5. The Morgan fingerprint density at radius 3 is 2.65 bits per heavy atom. The second-order valence-corrected chi connectivity index (χ2v) is 5.24. The van der Waals surface area contributed by atoms with E-state index in [1.54, 1.807) is 0 Å². The molecule has 0 aliphatic heterocycles. The van der Waals surface area contributed by atoms with Crippen LogP contribution in [0.2, 0.25) is 0 Å². The molecule has 1 aliphatic rings. The highest BCUT2D eigenvalue weighted by molar-refractivity contribution is 5.00. The van der Waals surface area contributed by atoms with Gasteiger partial charge in [0.05, 0.1) is 6.07 Å². The summed E-state index contributed by atoms with van der Waals surface area (Å²) in [5.74, 6) is 3.30. The predicted octanol–water partition coefficient (Wildman–Crippen LogP) is 3.07. The zero-order chi connectivity index (χ0) is 12.3. The van der Waals surface area contributed by atoms with Gasteiger partial charge < -0.3 is 4.52 Å². The minimum atomic E-state index is 0.217. The standard InChI is InChI=1S/C13H19N3O/c1-9(2)10-3-5-11(6-4-10)13-15-12(7-8-14)17-16-13/h9-11H,3-7H2,1-2H3. The monoisotopic (exact) mass is 233 g/mol. The highest BCUT2D eigenvalue weighted by Crippen LogP contribution is 2.37. The summed E-state index contributed by atoms with van der Waals surface area (Å²) in [7, 11) is 0. The van der Waals surface area contributed by atoms with E-state index in [1.165, 1.54) is 12.8 Å². The second-order valence-electron chi connectivity index (χ2n) is 5.24. The van der Waals surface area contributed by atoms with Crippen LogP contribution in [-0.4, -0.2) is 10.1 Å². The molecule has 1 aromatic heterocycles. The fourth-order valence-electron chi connectivity index (χ4n) is 2.62. The highest BCUT2D eigenvalue weighted by Gasteiger charge is 2.27. The Balaban J connectivity index is 1.94. The molecule has 2 rings (SSSR count). The van der Waals surface area contributed by atoms with E-state index in [4.69, 9.17) is 9.78 Å². The molecule has 4 heteroatoms. The molecule has 4 nitrogen and oxygen atoms in total. The van der Waals surface area contributed by atoms with Gasteiger partial charge in [-0.2, -0.15) is 10.2 Å². The molecule has 1 heterocycles. The first-order valence-corrected chi connectivity index (χ1v) is 6.40. The van der Waals surface area contributed by atoms with Gasteiger partial charge in [-0.25, -0.2) is 0 Å². The Hall–Kier alpha value is -1.37. The number of aromatic nitrogens is 2. The zero-order valence-corrected chi connectivity index (χ0v) is 10.5. The predicted molar refractivity (Wildman–Crippen MR) is 63.2 cm³/mol. The fraction of sp³-hybridized carbons (Fsp3) is 0.769. The van der Waals surface area contributed by atoms with Crippen molar-refractivity contribution in [2.45, 2.75) is 51.9 Å². The lowest BCUT2D eigenvalue weighted by molar-refractivity contribution is 0.251. The van der Waals surface area contributed by atoms with Gasteiger partial charge in [0.2, 0.25) is 5.89 Å². The number of nitrogens with zero attached hydrogens (tertiary/aromatic N) is 3. The summed E-state index contributed by atoms with van der Waals surface area (Å²) >= 11 is 0. The van der Waals surface area contributed by atoms with Gasteiger partial charge in [0.15, 0.2) is 5.82 Å². The molecule has 0 spiro atoms. The van der Waals surface area contributed by atoms with Gasteiger partial charge in [-0.05, 0) is 37.5 Å². The molecule has 1 aromatic rings. The second kappa shape index (κ2) is 5.31. The third-order valence-corrected chi connectivity index (χ3v) is 3.79. The van der Waals surface area contributed by atoms with Crippen LogP contribution in [0.15, 0.2) is 4.52 Å². The normalized spacial score (nSPS) is 24.8. The van der Waals surface area contributed by atoms with Crippen LogP contribution in [0, 0.1) is 23.2 Å². The van der Waals surface area contributed by atoms with Crippen molar-refractivity contribution in [2.75, 3.05) is 0 Å². The van der Waals surface area contributed by atoms with Gasteiger partial charge in [0.25, 0.3) is 0 Å². The quantitative estimate of drug-likeness (QED) is 0.804. The van der Waals surface area contributed by atoms with Crippen LogP contribution in [0.4, 0.5) is 0 Å². The molecule has 92 valence electrons. The largest absolute Gasteiger partial charge is 0.338 e. The van der Waals surface area contributed by atoms with Crippen LogP contribution in [0.3, 0.4) is 0 Å². The van der Waals surface area contributed by atoms with Crippen molar-refractivity contribution in [1.29, 1.82) is 5.26 Å². The molecule has 0 atom stereocenters. The van der Waals surface area contributed by atoms with Crippen LogP contribution >= 0.6 is 0 Å². The molecule has 1 saturated carbocycles. The average Bonchev–Trinajstić information content (AvgIpc) is 2.78. The molecule has 17 heavy (non-hydrogen) atoms. The SMILES string of the molecule is CC(C)C1CCC(c2noc(CC#N)n2)CC1. The topological polar surface area (TPSA) is 62.7 Å². The lowest BCUT2D eigenvalue weighted by atomic mass is 9.77. The van der Waals surface area contributed by atoms with Crippen molar-refractivity contribution in [3.8, 4) is 6.07 Å². The van der Waals surface area contributed by atoms with E-state index in [2.05, 4.69) is 24.0 Å². The summed E-state index contributed by atoms with van der Waals surface area (Å²) in [5, 5.41) is 12.5. The maximum Gasteiger partial charge on any atom is 0.240 e. The molecule has 0 unspecified atom stereocenters.